The maximum absolute atomic E-state index is 11.3. The minimum Gasteiger partial charge on any atom is -0.355 e. The summed E-state index contributed by atoms with van der Waals surface area (Å²) in [6.45, 7) is 1.89. The zero-order chi connectivity index (χ0) is 7.68. The van der Waals surface area contributed by atoms with Crippen LogP contribution in [0.25, 0.3) is 0 Å². The van der Waals surface area contributed by atoms with Gasteiger partial charge in [0.1, 0.15) is 0 Å². The van der Waals surface area contributed by atoms with Crippen LogP contribution in [0.15, 0.2) is 0 Å². The Labute approximate surface area is 66.5 Å². The number of nitrogens with one attached hydrogen (secondary N) is 2. The molecule has 0 aliphatic carbocycles. The molecule has 11 heavy (non-hydrogen) atoms. The van der Waals surface area contributed by atoms with Gasteiger partial charge in [0, 0.05) is 6.54 Å². The van der Waals surface area contributed by atoms with Gasteiger partial charge in [0.2, 0.25) is 5.91 Å². The van der Waals surface area contributed by atoms with E-state index in [-0.39, 0.29) is 11.9 Å². The maximum Gasteiger partial charge on any atom is 0.237 e. The van der Waals surface area contributed by atoms with Gasteiger partial charge in [0.05, 0.1) is 6.04 Å². The highest BCUT2D eigenvalue weighted by Gasteiger charge is 2.33. The van der Waals surface area contributed by atoms with Crippen LogP contribution in [-0.4, -0.2) is 25.0 Å². The lowest BCUT2D eigenvalue weighted by molar-refractivity contribution is -0.123. The van der Waals surface area contributed by atoms with Crippen molar-refractivity contribution in [2.24, 2.45) is 5.92 Å². The van der Waals surface area contributed by atoms with Crippen LogP contribution in [0.4, 0.5) is 0 Å². The Bertz CT molecular complexity index is 169. The molecule has 0 aromatic heterocycles. The molecule has 0 radical (unpaired) electrons. The van der Waals surface area contributed by atoms with Crippen LogP contribution in [0.3, 0.4) is 0 Å². The maximum atomic E-state index is 11.3. The lowest BCUT2D eigenvalue weighted by Crippen LogP contribution is -2.41. The second kappa shape index (κ2) is 2.81. The van der Waals surface area contributed by atoms with Crippen LogP contribution in [0.1, 0.15) is 19.3 Å². The van der Waals surface area contributed by atoms with E-state index in [9.17, 15) is 4.79 Å². The molecule has 2 saturated heterocycles. The number of carbonyl (C=O) groups excluding carboxylic acids is 1. The highest BCUT2D eigenvalue weighted by Crippen LogP contribution is 2.22. The molecule has 2 N–H and O–H groups in total. The standard InChI is InChI=1S/C8H14N2O/c11-8-7-6(3-5-9-7)2-1-4-10-8/h6-7,9H,1-5H2,(H,10,11). The molecule has 2 unspecified atom stereocenters. The summed E-state index contributed by atoms with van der Waals surface area (Å²) in [4.78, 5) is 11.3. The predicted octanol–water partition coefficient (Wildman–Crippen LogP) is -0.126. The van der Waals surface area contributed by atoms with E-state index in [4.69, 9.17) is 0 Å². The number of fused-ring (bicyclic) bond motifs is 1. The highest BCUT2D eigenvalue weighted by molar-refractivity contribution is 5.82. The fourth-order valence-electron chi connectivity index (χ4n) is 2.06. The first kappa shape index (κ1) is 7.10. The molecule has 62 valence electrons. The Balaban J connectivity index is 2.09. The first-order chi connectivity index (χ1) is 5.38. The van der Waals surface area contributed by atoms with Gasteiger partial charge in [0.25, 0.3) is 0 Å². The third-order valence-electron chi connectivity index (χ3n) is 2.68. The molecule has 2 atom stereocenters. The van der Waals surface area contributed by atoms with Crippen molar-refractivity contribution >= 4 is 5.91 Å². The first-order valence-electron chi connectivity index (χ1n) is 4.39. The molecule has 0 saturated carbocycles. The van der Waals surface area contributed by atoms with Gasteiger partial charge < -0.3 is 10.6 Å². The van der Waals surface area contributed by atoms with Crippen molar-refractivity contribution in [3.63, 3.8) is 0 Å². The number of rotatable bonds is 0. The molecule has 2 fully saturated rings. The van der Waals surface area contributed by atoms with Crippen molar-refractivity contribution in [2.75, 3.05) is 13.1 Å². The molecule has 3 heteroatoms. The van der Waals surface area contributed by atoms with Crippen molar-refractivity contribution in [2.45, 2.75) is 25.3 Å². The summed E-state index contributed by atoms with van der Waals surface area (Å²) in [5.41, 5.74) is 0. The number of amides is 1. The van der Waals surface area contributed by atoms with Crippen LogP contribution in [0, 0.1) is 5.92 Å². The van der Waals surface area contributed by atoms with Gasteiger partial charge in [-0.05, 0) is 31.7 Å². The van der Waals surface area contributed by atoms with Crippen molar-refractivity contribution in [1.82, 2.24) is 10.6 Å². The lowest BCUT2D eigenvalue weighted by Gasteiger charge is -2.12. The monoisotopic (exact) mass is 154 g/mol. The normalized spacial score (nSPS) is 37.6. The molecule has 0 bridgehead atoms. The minimum absolute atomic E-state index is 0.123. The van der Waals surface area contributed by atoms with Gasteiger partial charge in [-0.2, -0.15) is 0 Å². The van der Waals surface area contributed by atoms with Crippen molar-refractivity contribution < 1.29 is 4.79 Å². The van der Waals surface area contributed by atoms with Gasteiger partial charge in [-0.15, -0.1) is 0 Å². The van der Waals surface area contributed by atoms with Crippen molar-refractivity contribution in [3.05, 3.63) is 0 Å². The Morgan fingerprint density at radius 3 is 3.09 bits per heavy atom. The molecule has 2 rings (SSSR count). The lowest BCUT2D eigenvalue weighted by atomic mass is 9.96. The fraction of sp³-hybridized carbons (Fsp3) is 0.875. The van der Waals surface area contributed by atoms with Gasteiger partial charge in [-0.3, -0.25) is 4.79 Å². The molecule has 2 aliphatic heterocycles. The van der Waals surface area contributed by atoms with E-state index in [1.165, 1.54) is 12.8 Å². The summed E-state index contributed by atoms with van der Waals surface area (Å²) < 4.78 is 0. The zero-order valence-corrected chi connectivity index (χ0v) is 6.60. The van der Waals surface area contributed by atoms with Gasteiger partial charge >= 0.3 is 0 Å². The Hall–Kier alpha value is -0.570. The molecule has 1 amide bonds. The summed E-state index contributed by atoms with van der Waals surface area (Å²) in [6, 6.07) is 0.123. The van der Waals surface area contributed by atoms with Crippen molar-refractivity contribution in [3.8, 4) is 0 Å². The van der Waals surface area contributed by atoms with Crippen LogP contribution < -0.4 is 10.6 Å². The molecular weight excluding hydrogens is 140 g/mol. The molecular formula is C8H14N2O. The van der Waals surface area contributed by atoms with E-state index in [1.807, 2.05) is 0 Å². The quantitative estimate of drug-likeness (QED) is 0.510. The largest absolute Gasteiger partial charge is 0.355 e. The SMILES string of the molecule is O=C1NCCCC2CCNC12. The Morgan fingerprint density at radius 2 is 2.18 bits per heavy atom. The second-order valence-corrected chi connectivity index (χ2v) is 3.41. The van der Waals surface area contributed by atoms with E-state index in [1.54, 1.807) is 0 Å². The molecule has 0 aromatic carbocycles. The fourth-order valence-corrected chi connectivity index (χ4v) is 2.06. The second-order valence-electron chi connectivity index (χ2n) is 3.41. The van der Waals surface area contributed by atoms with Gasteiger partial charge in [-0.1, -0.05) is 0 Å². The van der Waals surface area contributed by atoms with Gasteiger partial charge in [-0.25, -0.2) is 0 Å². The zero-order valence-electron chi connectivity index (χ0n) is 6.60. The summed E-state index contributed by atoms with van der Waals surface area (Å²) in [5, 5.41) is 6.15. The smallest absolute Gasteiger partial charge is 0.237 e. The van der Waals surface area contributed by atoms with Crippen LogP contribution in [0.5, 0.6) is 0 Å². The number of hydrogen-bond acceptors (Lipinski definition) is 2. The molecule has 0 spiro atoms. The number of carbonyl (C=O) groups is 1. The van der Waals surface area contributed by atoms with Crippen LogP contribution >= 0.6 is 0 Å². The molecule has 2 heterocycles. The highest BCUT2D eigenvalue weighted by atomic mass is 16.2. The van der Waals surface area contributed by atoms with E-state index >= 15 is 0 Å². The Kier molecular flexibility index (Phi) is 1.82. The van der Waals surface area contributed by atoms with E-state index < -0.39 is 0 Å². The molecule has 0 aromatic rings. The average Bonchev–Trinajstić information content (AvgIpc) is 2.40. The molecule has 3 nitrogen and oxygen atoms in total. The van der Waals surface area contributed by atoms with E-state index in [0.29, 0.717) is 5.92 Å². The Morgan fingerprint density at radius 1 is 1.27 bits per heavy atom. The summed E-state index contributed by atoms with van der Waals surface area (Å²) >= 11 is 0. The molecule has 2 aliphatic rings. The van der Waals surface area contributed by atoms with Crippen LogP contribution in [-0.2, 0) is 4.79 Å². The summed E-state index contributed by atoms with van der Waals surface area (Å²) in [6.07, 6.45) is 3.53. The topological polar surface area (TPSA) is 41.1 Å². The predicted molar refractivity (Wildman–Crippen MR) is 42.1 cm³/mol. The summed E-state index contributed by atoms with van der Waals surface area (Å²) in [5.74, 6) is 0.822. The van der Waals surface area contributed by atoms with Gasteiger partial charge in [0.15, 0.2) is 0 Å². The third kappa shape index (κ3) is 1.25. The van der Waals surface area contributed by atoms with Crippen LogP contribution in [0.2, 0.25) is 0 Å². The summed E-state index contributed by atoms with van der Waals surface area (Å²) in [7, 11) is 0. The first-order valence-corrected chi connectivity index (χ1v) is 4.39. The van der Waals surface area contributed by atoms with E-state index in [2.05, 4.69) is 10.6 Å². The number of hydrogen-bond donors (Lipinski definition) is 2. The minimum atomic E-state index is 0.123. The third-order valence-corrected chi connectivity index (χ3v) is 2.68. The average molecular weight is 154 g/mol. The van der Waals surface area contributed by atoms with Crippen molar-refractivity contribution in [1.29, 1.82) is 0 Å². The van der Waals surface area contributed by atoms with E-state index in [0.717, 1.165) is 19.5 Å².